The maximum Gasteiger partial charge on any atom is 0.322 e. The van der Waals surface area contributed by atoms with Gasteiger partial charge in [0.1, 0.15) is 11.5 Å². The average Bonchev–Trinajstić information content (AvgIpc) is 2.86. The molecule has 1 unspecified atom stereocenters. The van der Waals surface area contributed by atoms with Gasteiger partial charge in [0.2, 0.25) is 0 Å². The van der Waals surface area contributed by atoms with Gasteiger partial charge in [-0.1, -0.05) is 55.2 Å². The highest BCUT2D eigenvalue weighted by molar-refractivity contribution is 6.31. The van der Waals surface area contributed by atoms with E-state index >= 15 is 0 Å². The van der Waals surface area contributed by atoms with Crippen LogP contribution in [0.5, 0.6) is 11.5 Å². The molecular weight excluding hydrogens is 493 g/mol. The third-order valence-electron chi connectivity index (χ3n) is 6.16. The number of urea groups is 1. The van der Waals surface area contributed by atoms with Gasteiger partial charge < -0.3 is 19.9 Å². The van der Waals surface area contributed by atoms with Crippen LogP contribution < -0.4 is 10.1 Å². The van der Waals surface area contributed by atoms with Crippen molar-refractivity contribution in [1.29, 1.82) is 0 Å². The predicted molar refractivity (Wildman–Crippen MR) is 150 cm³/mol. The highest BCUT2D eigenvalue weighted by Gasteiger charge is 2.21. The van der Waals surface area contributed by atoms with Crippen LogP contribution in [-0.4, -0.2) is 41.5 Å². The largest absolute Gasteiger partial charge is 0.457 e. The van der Waals surface area contributed by atoms with Gasteiger partial charge in [0.25, 0.3) is 0 Å². The quantitative estimate of drug-likeness (QED) is 0.257. The van der Waals surface area contributed by atoms with Crippen LogP contribution in [0, 0.1) is 0 Å². The third-order valence-corrected chi connectivity index (χ3v) is 6.65. The molecule has 7 heteroatoms. The molecule has 3 rings (SSSR count). The number of halogens is 2. The monoisotopic (exact) mass is 527 g/mol. The number of anilines is 1. The summed E-state index contributed by atoms with van der Waals surface area (Å²) in [6.45, 7) is 10.00. The minimum Gasteiger partial charge on any atom is -0.457 e. The van der Waals surface area contributed by atoms with Gasteiger partial charge in [0.05, 0.1) is 0 Å². The van der Waals surface area contributed by atoms with Gasteiger partial charge in [0, 0.05) is 28.3 Å². The van der Waals surface area contributed by atoms with Crippen LogP contribution in [0.4, 0.5) is 10.5 Å². The SMILES string of the molecule is CCN(CC)CCCC(C)N(Cc1cccc(Oc2ccc(Cl)cc2)c1)C(=O)Nc1cccc(Cl)c1. The Morgan fingerprint density at radius 1 is 0.917 bits per heavy atom. The maximum atomic E-state index is 13.4. The molecule has 2 amide bonds. The van der Waals surface area contributed by atoms with E-state index in [9.17, 15) is 4.79 Å². The number of hydrogen-bond acceptors (Lipinski definition) is 3. The van der Waals surface area contributed by atoms with E-state index in [-0.39, 0.29) is 12.1 Å². The molecule has 0 spiro atoms. The summed E-state index contributed by atoms with van der Waals surface area (Å²) in [4.78, 5) is 17.7. The predicted octanol–water partition coefficient (Wildman–Crippen LogP) is 8.33. The topological polar surface area (TPSA) is 44.8 Å². The normalized spacial score (nSPS) is 11.8. The Morgan fingerprint density at radius 2 is 1.64 bits per heavy atom. The molecule has 0 aromatic heterocycles. The van der Waals surface area contributed by atoms with E-state index in [1.54, 1.807) is 24.3 Å². The van der Waals surface area contributed by atoms with E-state index in [0.717, 1.165) is 38.0 Å². The number of benzene rings is 3. The molecule has 3 aromatic rings. The Hall–Kier alpha value is -2.73. The van der Waals surface area contributed by atoms with Crippen molar-refractivity contribution in [3.8, 4) is 11.5 Å². The molecule has 0 radical (unpaired) electrons. The van der Waals surface area contributed by atoms with Crippen molar-refractivity contribution >= 4 is 34.9 Å². The van der Waals surface area contributed by atoms with Crippen LogP contribution in [0.2, 0.25) is 10.0 Å². The number of nitrogens with zero attached hydrogens (tertiary/aromatic N) is 2. The second-order valence-corrected chi connectivity index (χ2v) is 9.66. The smallest absolute Gasteiger partial charge is 0.322 e. The number of rotatable bonds is 12. The van der Waals surface area contributed by atoms with E-state index in [1.165, 1.54) is 0 Å². The Kier molecular flexibility index (Phi) is 10.9. The first-order valence-electron chi connectivity index (χ1n) is 12.5. The van der Waals surface area contributed by atoms with Crippen LogP contribution in [0.25, 0.3) is 0 Å². The fraction of sp³-hybridized carbons (Fsp3) is 0.345. The highest BCUT2D eigenvalue weighted by Crippen LogP contribution is 2.25. The zero-order valence-corrected chi connectivity index (χ0v) is 22.7. The molecule has 192 valence electrons. The molecule has 0 bridgehead atoms. The van der Waals surface area contributed by atoms with E-state index < -0.39 is 0 Å². The van der Waals surface area contributed by atoms with Crippen LogP contribution in [-0.2, 0) is 6.54 Å². The fourth-order valence-corrected chi connectivity index (χ4v) is 4.35. The summed E-state index contributed by atoms with van der Waals surface area (Å²) >= 11 is 12.1. The molecule has 36 heavy (non-hydrogen) atoms. The van der Waals surface area contributed by atoms with Gasteiger partial charge in [-0.15, -0.1) is 0 Å². The summed E-state index contributed by atoms with van der Waals surface area (Å²) in [7, 11) is 0. The molecule has 0 heterocycles. The lowest BCUT2D eigenvalue weighted by Gasteiger charge is -2.30. The lowest BCUT2D eigenvalue weighted by atomic mass is 10.1. The van der Waals surface area contributed by atoms with Crippen molar-refractivity contribution in [2.45, 2.75) is 46.2 Å². The van der Waals surface area contributed by atoms with Crippen molar-refractivity contribution in [2.75, 3.05) is 25.0 Å². The third kappa shape index (κ3) is 8.74. The molecule has 1 atom stereocenters. The van der Waals surface area contributed by atoms with Crippen molar-refractivity contribution < 1.29 is 9.53 Å². The summed E-state index contributed by atoms with van der Waals surface area (Å²) in [5, 5.41) is 4.26. The summed E-state index contributed by atoms with van der Waals surface area (Å²) < 4.78 is 6.00. The highest BCUT2D eigenvalue weighted by atomic mass is 35.5. The average molecular weight is 529 g/mol. The standard InChI is InChI=1S/C29H35Cl2N3O2/c1-4-33(5-2)18-8-9-22(3)34(29(35)32-26-12-7-11-25(31)20-26)21-23-10-6-13-28(19-23)36-27-16-14-24(30)15-17-27/h6-7,10-17,19-20,22H,4-5,8-9,18,21H2,1-3H3,(H,32,35). The second-order valence-electron chi connectivity index (χ2n) is 8.79. The van der Waals surface area contributed by atoms with Crippen LogP contribution in [0.1, 0.15) is 39.2 Å². The fourth-order valence-electron chi connectivity index (χ4n) is 4.04. The number of hydrogen-bond donors (Lipinski definition) is 1. The number of carbonyl (C=O) groups excluding carboxylic acids is 1. The first-order valence-corrected chi connectivity index (χ1v) is 13.2. The zero-order chi connectivity index (χ0) is 25.9. The summed E-state index contributed by atoms with van der Waals surface area (Å²) in [6, 6.07) is 22.2. The molecule has 0 saturated carbocycles. The first kappa shape index (κ1) is 27.9. The van der Waals surface area contributed by atoms with E-state index in [0.29, 0.717) is 33.8 Å². The molecular formula is C29H35Cl2N3O2. The van der Waals surface area contributed by atoms with Gasteiger partial charge in [-0.05, 0) is 99.6 Å². The molecule has 5 nitrogen and oxygen atoms in total. The van der Waals surface area contributed by atoms with Crippen molar-refractivity contribution in [3.63, 3.8) is 0 Å². The molecule has 0 aliphatic heterocycles. The van der Waals surface area contributed by atoms with Crippen molar-refractivity contribution in [2.24, 2.45) is 0 Å². The Bertz CT molecular complexity index is 1100. The van der Waals surface area contributed by atoms with Crippen molar-refractivity contribution in [1.82, 2.24) is 9.80 Å². The number of carbonyl (C=O) groups is 1. The van der Waals surface area contributed by atoms with Gasteiger partial charge in [-0.3, -0.25) is 0 Å². The number of nitrogens with one attached hydrogen (secondary N) is 1. The van der Waals surface area contributed by atoms with E-state index in [1.807, 2.05) is 53.4 Å². The van der Waals surface area contributed by atoms with E-state index in [2.05, 4.69) is 31.0 Å². The summed E-state index contributed by atoms with van der Waals surface area (Å²) in [5.74, 6) is 1.41. The minimum atomic E-state index is -0.156. The number of amides is 2. The molecule has 0 aliphatic carbocycles. The van der Waals surface area contributed by atoms with Crippen LogP contribution in [0.15, 0.2) is 72.8 Å². The van der Waals surface area contributed by atoms with Gasteiger partial charge in [-0.2, -0.15) is 0 Å². The van der Waals surface area contributed by atoms with Crippen LogP contribution >= 0.6 is 23.2 Å². The van der Waals surface area contributed by atoms with Gasteiger partial charge >= 0.3 is 6.03 Å². The zero-order valence-electron chi connectivity index (χ0n) is 21.2. The van der Waals surface area contributed by atoms with Crippen molar-refractivity contribution in [3.05, 3.63) is 88.4 Å². The molecule has 1 N–H and O–H groups in total. The van der Waals surface area contributed by atoms with Gasteiger partial charge in [-0.25, -0.2) is 4.79 Å². The summed E-state index contributed by atoms with van der Waals surface area (Å²) in [6.07, 6.45) is 1.92. The second kappa shape index (κ2) is 14.1. The minimum absolute atomic E-state index is 0.0422. The Balaban J connectivity index is 1.74. The maximum absolute atomic E-state index is 13.4. The lowest BCUT2D eigenvalue weighted by molar-refractivity contribution is 0.180. The Morgan fingerprint density at radius 3 is 2.33 bits per heavy atom. The molecule has 0 fully saturated rings. The van der Waals surface area contributed by atoms with E-state index in [4.69, 9.17) is 27.9 Å². The van der Waals surface area contributed by atoms with Gasteiger partial charge in [0.15, 0.2) is 0 Å². The number of ether oxygens (including phenoxy) is 1. The first-order chi connectivity index (χ1) is 17.4. The molecule has 3 aromatic carbocycles. The molecule has 0 saturated heterocycles. The van der Waals surface area contributed by atoms with Crippen LogP contribution in [0.3, 0.4) is 0 Å². The lowest BCUT2D eigenvalue weighted by Crippen LogP contribution is -2.41. The molecule has 0 aliphatic rings. The Labute approximate surface area is 225 Å². The summed E-state index contributed by atoms with van der Waals surface area (Å²) in [5.41, 5.74) is 1.66.